The standard InChI is InChI=1S/C22H18Cl3N3O6S2/c23-13-2-4-15(5-3-13)36(32,33)28-9-14(29)8-19(28)21(31)34-10-20(30)27-22-26-18(11-35-22)12-1-6-16(24)17(25)7-12/h1-7,11,14,19,29H,8-10H2,(H,26,27,30)/t14-,19-/m0/s1. The van der Waals surface area contributed by atoms with Crippen LogP contribution in [0.4, 0.5) is 5.13 Å². The van der Waals surface area contributed by atoms with E-state index in [0.717, 1.165) is 15.6 Å². The Morgan fingerprint density at radius 1 is 1.14 bits per heavy atom. The van der Waals surface area contributed by atoms with E-state index in [4.69, 9.17) is 39.5 Å². The minimum atomic E-state index is -4.11. The molecule has 0 radical (unpaired) electrons. The Morgan fingerprint density at radius 2 is 1.86 bits per heavy atom. The van der Waals surface area contributed by atoms with Gasteiger partial charge in [-0.05, 0) is 36.4 Å². The molecule has 3 aromatic rings. The number of benzene rings is 2. The van der Waals surface area contributed by atoms with Crippen molar-refractivity contribution in [2.24, 2.45) is 0 Å². The number of ether oxygens (including phenoxy) is 1. The number of nitrogens with zero attached hydrogens (tertiary/aromatic N) is 2. The Bertz CT molecular complexity index is 1400. The highest BCUT2D eigenvalue weighted by Crippen LogP contribution is 2.31. The molecule has 4 rings (SSSR count). The predicted octanol–water partition coefficient (Wildman–Crippen LogP) is 4.08. The first-order valence-corrected chi connectivity index (χ1v) is 13.8. The van der Waals surface area contributed by atoms with E-state index in [-0.39, 0.29) is 23.0 Å². The number of rotatable bonds is 7. The van der Waals surface area contributed by atoms with Gasteiger partial charge < -0.3 is 9.84 Å². The van der Waals surface area contributed by atoms with Gasteiger partial charge in [0.05, 0.1) is 26.7 Å². The predicted molar refractivity (Wildman–Crippen MR) is 137 cm³/mol. The zero-order chi connectivity index (χ0) is 26.0. The fourth-order valence-electron chi connectivity index (χ4n) is 3.51. The first kappa shape index (κ1) is 26.8. The quantitative estimate of drug-likeness (QED) is 0.397. The van der Waals surface area contributed by atoms with Gasteiger partial charge in [0.1, 0.15) is 6.04 Å². The second kappa shape index (κ2) is 11.0. The molecule has 2 N–H and O–H groups in total. The van der Waals surface area contributed by atoms with Gasteiger partial charge in [-0.3, -0.25) is 14.9 Å². The molecule has 14 heteroatoms. The average Bonchev–Trinajstić information content (AvgIpc) is 3.46. The third kappa shape index (κ3) is 6.00. The monoisotopic (exact) mass is 589 g/mol. The van der Waals surface area contributed by atoms with Crippen LogP contribution < -0.4 is 5.32 Å². The van der Waals surface area contributed by atoms with Gasteiger partial charge >= 0.3 is 5.97 Å². The highest BCUT2D eigenvalue weighted by atomic mass is 35.5. The topological polar surface area (TPSA) is 126 Å². The van der Waals surface area contributed by atoms with Crippen LogP contribution in [0.3, 0.4) is 0 Å². The summed E-state index contributed by atoms with van der Waals surface area (Å²) in [5.74, 6) is -1.61. The normalized spacial score (nSPS) is 18.2. The molecule has 9 nitrogen and oxygen atoms in total. The number of hydrogen-bond donors (Lipinski definition) is 2. The van der Waals surface area contributed by atoms with Crippen LogP contribution in [0.2, 0.25) is 15.1 Å². The Labute approximate surface area is 225 Å². The summed E-state index contributed by atoms with van der Waals surface area (Å²) in [6, 6.07) is 9.15. The van der Waals surface area contributed by atoms with Crippen molar-refractivity contribution in [3.05, 3.63) is 62.9 Å². The number of aliphatic hydroxyl groups excluding tert-OH is 1. The molecule has 190 valence electrons. The third-order valence-electron chi connectivity index (χ3n) is 5.24. The number of esters is 1. The van der Waals surface area contributed by atoms with E-state index in [1.165, 1.54) is 24.3 Å². The summed E-state index contributed by atoms with van der Waals surface area (Å²) < 4.78 is 31.9. The van der Waals surface area contributed by atoms with Crippen LogP contribution in [0.15, 0.2) is 52.7 Å². The van der Waals surface area contributed by atoms with Crippen LogP contribution >= 0.6 is 46.1 Å². The summed E-state index contributed by atoms with van der Waals surface area (Å²) in [6.45, 7) is -0.949. The summed E-state index contributed by atoms with van der Waals surface area (Å²) in [7, 11) is -4.11. The summed E-state index contributed by atoms with van der Waals surface area (Å²) in [5.41, 5.74) is 1.27. The molecule has 36 heavy (non-hydrogen) atoms. The lowest BCUT2D eigenvalue weighted by molar-refractivity contribution is -0.150. The zero-order valence-electron chi connectivity index (χ0n) is 18.2. The molecule has 1 aromatic heterocycles. The van der Waals surface area contributed by atoms with Gasteiger partial charge in [-0.25, -0.2) is 13.4 Å². The van der Waals surface area contributed by atoms with E-state index in [1.807, 2.05) is 0 Å². The van der Waals surface area contributed by atoms with E-state index < -0.39 is 40.7 Å². The van der Waals surface area contributed by atoms with E-state index in [1.54, 1.807) is 23.6 Å². The van der Waals surface area contributed by atoms with Crippen molar-refractivity contribution in [1.82, 2.24) is 9.29 Å². The molecule has 0 spiro atoms. The molecule has 2 atom stereocenters. The molecule has 0 saturated carbocycles. The van der Waals surface area contributed by atoms with Gasteiger partial charge in [0.2, 0.25) is 10.0 Å². The summed E-state index contributed by atoms with van der Waals surface area (Å²) in [6.07, 6.45) is -1.22. The van der Waals surface area contributed by atoms with E-state index in [0.29, 0.717) is 26.3 Å². The Balaban J connectivity index is 1.37. The number of nitrogens with one attached hydrogen (secondary N) is 1. The summed E-state index contributed by atoms with van der Waals surface area (Å²) >= 11 is 18.9. The molecule has 0 bridgehead atoms. The van der Waals surface area contributed by atoms with Crippen LogP contribution in [0.25, 0.3) is 11.3 Å². The Kier molecular flexibility index (Phi) is 8.20. The van der Waals surface area contributed by atoms with Crippen molar-refractivity contribution in [3.8, 4) is 11.3 Å². The van der Waals surface area contributed by atoms with Crippen LogP contribution in [-0.4, -0.2) is 60.0 Å². The fraction of sp³-hybridized carbons (Fsp3) is 0.227. The second-order valence-corrected chi connectivity index (χ2v) is 11.8. The lowest BCUT2D eigenvalue weighted by Crippen LogP contribution is -2.42. The number of sulfonamides is 1. The number of carbonyl (C=O) groups is 2. The van der Waals surface area contributed by atoms with Crippen LogP contribution in [-0.2, 0) is 24.3 Å². The van der Waals surface area contributed by atoms with Crippen molar-refractivity contribution < 1.29 is 27.9 Å². The van der Waals surface area contributed by atoms with Crippen molar-refractivity contribution >= 4 is 73.2 Å². The van der Waals surface area contributed by atoms with Gasteiger partial charge in [0, 0.05) is 28.9 Å². The van der Waals surface area contributed by atoms with Crippen molar-refractivity contribution in [2.75, 3.05) is 18.5 Å². The molecule has 1 aliphatic rings. The lowest BCUT2D eigenvalue weighted by Gasteiger charge is -2.22. The fourth-order valence-corrected chi connectivity index (χ4v) is 6.30. The molecule has 1 amide bonds. The number of anilines is 1. The van der Waals surface area contributed by atoms with E-state index in [9.17, 15) is 23.1 Å². The molecule has 0 aliphatic carbocycles. The largest absolute Gasteiger partial charge is 0.454 e. The molecule has 1 fully saturated rings. The van der Waals surface area contributed by atoms with Crippen molar-refractivity contribution in [1.29, 1.82) is 0 Å². The number of halogens is 3. The first-order chi connectivity index (χ1) is 17.0. The van der Waals surface area contributed by atoms with Gasteiger partial charge in [0.15, 0.2) is 11.7 Å². The number of amides is 1. The average molecular weight is 591 g/mol. The van der Waals surface area contributed by atoms with Gasteiger partial charge in [-0.15, -0.1) is 11.3 Å². The van der Waals surface area contributed by atoms with E-state index in [2.05, 4.69) is 10.3 Å². The van der Waals surface area contributed by atoms with Crippen LogP contribution in [0.5, 0.6) is 0 Å². The number of carbonyl (C=O) groups excluding carboxylic acids is 2. The lowest BCUT2D eigenvalue weighted by atomic mass is 10.2. The van der Waals surface area contributed by atoms with E-state index >= 15 is 0 Å². The second-order valence-electron chi connectivity index (χ2n) is 7.76. The first-order valence-electron chi connectivity index (χ1n) is 10.4. The maximum absolute atomic E-state index is 13.0. The molecular weight excluding hydrogens is 573 g/mol. The van der Waals surface area contributed by atoms with Crippen LogP contribution in [0.1, 0.15) is 6.42 Å². The minimum absolute atomic E-state index is 0.0851. The summed E-state index contributed by atoms with van der Waals surface area (Å²) in [5, 5.41) is 15.7. The SMILES string of the molecule is O=C(COC(=O)[C@@H]1C[C@H](O)CN1S(=O)(=O)c1ccc(Cl)cc1)Nc1nc(-c2ccc(Cl)c(Cl)c2)cs1. The van der Waals surface area contributed by atoms with Gasteiger partial charge in [-0.1, -0.05) is 40.9 Å². The summed E-state index contributed by atoms with van der Waals surface area (Å²) in [4.78, 5) is 29.2. The molecule has 2 aromatic carbocycles. The maximum atomic E-state index is 13.0. The number of thiazole rings is 1. The van der Waals surface area contributed by atoms with Gasteiger partial charge in [-0.2, -0.15) is 4.31 Å². The van der Waals surface area contributed by atoms with Crippen molar-refractivity contribution in [2.45, 2.75) is 23.5 Å². The molecular formula is C22H18Cl3N3O6S2. The number of aromatic nitrogens is 1. The smallest absolute Gasteiger partial charge is 0.325 e. The molecule has 1 saturated heterocycles. The third-order valence-corrected chi connectivity index (χ3v) is 8.88. The Hall–Kier alpha value is -2.25. The highest BCUT2D eigenvalue weighted by molar-refractivity contribution is 7.89. The number of hydrogen-bond acceptors (Lipinski definition) is 8. The molecule has 0 unspecified atom stereocenters. The minimum Gasteiger partial charge on any atom is -0.454 e. The zero-order valence-corrected chi connectivity index (χ0v) is 22.1. The Morgan fingerprint density at radius 3 is 2.56 bits per heavy atom. The number of aliphatic hydroxyl groups is 1. The van der Waals surface area contributed by atoms with Gasteiger partial charge in [0.25, 0.3) is 5.91 Å². The highest BCUT2D eigenvalue weighted by Gasteiger charge is 2.44. The number of β-amino-alcohol motifs (C(OH)–C–C–N with tert-alkyl or cyclic N) is 1. The molecule has 2 heterocycles. The molecule has 1 aliphatic heterocycles. The van der Waals surface area contributed by atoms with Crippen LogP contribution in [0, 0.1) is 0 Å². The maximum Gasteiger partial charge on any atom is 0.325 e. The van der Waals surface area contributed by atoms with Crippen molar-refractivity contribution in [3.63, 3.8) is 0 Å².